The maximum Gasteiger partial charge on any atom is 0.255 e. The van der Waals surface area contributed by atoms with Crippen LogP contribution in [0.15, 0.2) is 16.7 Å². The lowest BCUT2D eigenvalue weighted by Gasteiger charge is -2.29. The minimum absolute atomic E-state index is 0.0142. The number of carbonyl (C=O) groups excluding carboxylic acids is 1. The van der Waals surface area contributed by atoms with E-state index in [4.69, 9.17) is 5.73 Å². The molecule has 0 atom stereocenters. The number of aromatic nitrogens is 1. The van der Waals surface area contributed by atoms with Crippen molar-refractivity contribution in [2.75, 3.05) is 12.3 Å². The molecular formula is C13H20BrN3O. The lowest BCUT2D eigenvalue weighted by Crippen LogP contribution is -2.39. The molecule has 0 aliphatic rings. The van der Waals surface area contributed by atoms with Crippen LogP contribution in [0.2, 0.25) is 0 Å². The van der Waals surface area contributed by atoms with Gasteiger partial charge in [0.15, 0.2) is 0 Å². The number of amides is 1. The number of anilines is 1. The smallest absolute Gasteiger partial charge is 0.255 e. The quantitative estimate of drug-likeness (QED) is 0.929. The zero-order valence-corrected chi connectivity index (χ0v) is 12.9. The number of nitrogens with zero attached hydrogens (tertiary/aromatic N) is 2. The normalized spacial score (nSPS) is 11.1. The Hall–Kier alpha value is -1.10. The summed E-state index contributed by atoms with van der Waals surface area (Å²) in [5.74, 6) is 0.767. The van der Waals surface area contributed by atoms with Gasteiger partial charge >= 0.3 is 0 Å². The summed E-state index contributed by atoms with van der Waals surface area (Å²) in [6.07, 6.45) is 1.57. The number of hydrogen-bond donors (Lipinski definition) is 1. The number of nitrogen functional groups attached to an aromatic ring is 1. The summed E-state index contributed by atoms with van der Waals surface area (Å²) < 4.78 is 0.677. The summed E-state index contributed by atoms with van der Waals surface area (Å²) >= 11 is 3.35. The molecule has 1 rings (SSSR count). The van der Waals surface area contributed by atoms with E-state index in [0.29, 0.717) is 21.8 Å². The Morgan fingerprint density at radius 3 is 2.56 bits per heavy atom. The molecule has 100 valence electrons. The van der Waals surface area contributed by atoms with Gasteiger partial charge in [-0.3, -0.25) is 4.79 Å². The highest BCUT2D eigenvalue weighted by Crippen LogP contribution is 2.21. The van der Waals surface area contributed by atoms with Crippen LogP contribution in [0.3, 0.4) is 0 Å². The van der Waals surface area contributed by atoms with Crippen LogP contribution >= 0.6 is 15.9 Å². The van der Waals surface area contributed by atoms with Gasteiger partial charge in [0, 0.05) is 23.3 Å². The van der Waals surface area contributed by atoms with Crippen molar-refractivity contribution in [1.29, 1.82) is 0 Å². The number of hydrogen-bond acceptors (Lipinski definition) is 3. The molecule has 0 aromatic carbocycles. The maximum absolute atomic E-state index is 12.5. The number of halogens is 1. The van der Waals surface area contributed by atoms with Crippen LogP contribution in [-0.4, -0.2) is 28.4 Å². The molecule has 2 N–H and O–H groups in total. The van der Waals surface area contributed by atoms with E-state index < -0.39 is 0 Å². The van der Waals surface area contributed by atoms with E-state index in [1.807, 2.05) is 18.7 Å². The van der Waals surface area contributed by atoms with E-state index >= 15 is 0 Å². The Morgan fingerprint density at radius 1 is 1.44 bits per heavy atom. The number of rotatable bonds is 4. The zero-order valence-electron chi connectivity index (χ0n) is 11.3. The number of pyridine rings is 1. The molecule has 1 aromatic rings. The fraction of sp³-hybridized carbons (Fsp3) is 0.538. The van der Waals surface area contributed by atoms with Crippen molar-refractivity contribution in [1.82, 2.24) is 9.88 Å². The Bertz CT molecular complexity index is 432. The number of nitrogens with two attached hydrogens (primary N) is 1. The molecular weight excluding hydrogens is 294 g/mol. The summed E-state index contributed by atoms with van der Waals surface area (Å²) in [6, 6.07) is 1.77. The van der Waals surface area contributed by atoms with Crippen molar-refractivity contribution in [3.05, 3.63) is 22.3 Å². The van der Waals surface area contributed by atoms with Crippen LogP contribution in [0.4, 0.5) is 5.82 Å². The van der Waals surface area contributed by atoms with Crippen LogP contribution in [0, 0.1) is 5.92 Å². The van der Waals surface area contributed by atoms with Crippen LogP contribution in [0.1, 0.15) is 38.1 Å². The maximum atomic E-state index is 12.5. The van der Waals surface area contributed by atoms with Crippen molar-refractivity contribution in [2.45, 2.75) is 33.7 Å². The van der Waals surface area contributed by atoms with E-state index in [-0.39, 0.29) is 11.9 Å². The molecule has 1 amide bonds. The largest absolute Gasteiger partial charge is 0.384 e. The fourth-order valence-electron chi connectivity index (χ4n) is 1.70. The van der Waals surface area contributed by atoms with Crippen LogP contribution in [0.5, 0.6) is 0 Å². The molecule has 0 saturated heterocycles. The number of carbonyl (C=O) groups is 1. The molecule has 1 aromatic heterocycles. The van der Waals surface area contributed by atoms with Gasteiger partial charge in [-0.05, 0) is 41.8 Å². The third kappa shape index (κ3) is 3.70. The molecule has 0 aliphatic heterocycles. The third-order valence-electron chi connectivity index (χ3n) is 2.55. The summed E-state index contributed by atoms with van der Waals surface area (Å²) in [4.78, 5) is 18.3. The third-order valence-corrected chi connectivity index (χ3v) is 3.18. The second kappa shape index (κ2) is 6.18. The van der Waals surface area contributed by atoms with E-state index in [2.05, 4.69) is 34.8 Å². The topological polar surface area (TPSA) is 59.2 Å². The van der Waals surface area contributed by atoms with Gasteiger partial charge in [0.1, 0.15) is 5.82 Å². The van der Waals surface area contributed by atoms with E-state index in [1.54, 1.807) is 12.3 Å². The van der Waals surface area contributed by atoms with Crippen molar-refractivity contribution >= 4 is 27.7 Å². The Labute approximate surface area is 117 Å². The first-order valence-electron chi connectivity index (χ1n) is 6.05. The molecule has 0 unspecified atom stereocenters. The van der Waals surface area contributed by atoms with Crippen molar-refractivity contribution in [2.24, 2.45) is 5.92 Å². The average molecular weight is 314 g/mol. The molecule has 1 heterocycles. The van der Waals surface area contributed by atoms with Gasteiger partial charge in [-0.25, -0.2) is 4.98 Å². The highest BCUT2D eigenvalue weighted by Gasteiger charge is 2.22. The van der Waals surface area contributed by atoms with E-state index in [0.717, 1.165) is 6.54 Å². The highest BCUT2D eigenvalue weighted by atomic mass is 79.9. The highest BCUT2D eigenvalue weighted by molar-refractivity contribution is 9.10. The van der Waals surface area contributed by atoms with Gasteiger partial charge in [0.2, 0.25) is 0 Å². The second-order valence-electron chi connectivity index (χ2n) is 5.03. The zero-order chi connectivity index (χ0) is 13.9. The first kappa shape index (κ1) is 15.0. The van der Waals surface area contributed by atoms with Crippen molar-refractivity contribution in [3.63, 3.8) is 0 Å². The molecule has 0 aliphatic carbocycles. The van der Waals surface area contributed by atoms with Crippen LogP contribution in [-0.2, 0) is 0 Å². The van der Waals surface area contributed by atoms with Gasteiger partial charge in [-0.1, -0.05) is 13.8 Å². The molecule has 18 heavy (non-hydrogen) atoms. The predicted molar refractivity (Wildman–Crippen MR) is 77.4 cm³/mol. The van der Waals surface area contributed by atoms with Gasteiger partial charge in [0.05, 0.1) is 5.56 Å². The minimum Gasteiger partial charge on any atom is -0.384 e. The van der Waals surface area contributed by atoms with Crippen molar-refractivity contribution in [3.8, 4) is 0 Å². The summed E-state index contributed by atoms with van der Waals surface area (Å²) in [6.45, 7) is 8.94. The van der Waals surface area contributed by atoms with Gasteiger partial charge in [-0.2, -0.15) is 0 Å². The minimum atomic E-state index is -0.0142. The first-order valence-corrected chi connectivity index (χ1v) is 6.84. The molecule has 4 nitrogen and oxygen atoms in total. The molecule has 0 bridgehead atoms. The lowest BCUT2D eigenvalue weighted by molar-refractivity contribution is 0.0681. The molecule has 5 heteroatoms. The summed E-state index contributed by atoms with van der Waals surface area (Å²) in [5, 5.41) is 0. The Balaban J connectivity index is 3.05. The van der Waals surface area contributed by atoms with E-state index in [9.17, 15) is 4.79 Å². The Morgan fingerprint density at radius 2 is 2.06 bits per heavy atom. The lowest BCUT2D eigenvalue weighted by atomic mass is 10.1. The molecule has 0 radical (unpaired) electrons. The molecule has 0 spiro atoms. The van der Waals surface area contributed by atoms with Gasteiger partial charge in [-0.15, -0.1) is 0 Å². The predicted octanol–water partition coefficient (Wildman–Crippen LogP) is 2.93. The van der Waals surface area contributed by atoms with Crippen LogP contribution < -0.4 is 5.73 Å². The summed E-state index contributed by atoms with van der Waals surface area (Å²) in [7, 11) is 0. The monoisotopic (exact) mass is 313 g/mol. The Kier molecular flexibility index (Phi) is 5.14. The van der Waals surface area contributed by atoms with Crippen LogP contribution in [0.25, 0.3) is 0 Å². The van der Waals surface area contributed by atoms with E-state index in [1.165, 1.54) is 0 Å². The second-order valence-corrected chi connectivity index (χ2v) is 5.89. The average Bonchev–Trinajstić information content (AvgIpc) is 2.27. The molecule has 0 saturated carbocycles. The first-order chi connectivity index (χ1) is 8.32. The van der Waals surface area contributed by atoms with Gasteiger partial charge < -0.3 is 10.6 Å². The van der Waals surface area contributed by atoms with Gasteiger partial charge in [0.25, 0.3) is 5.91 Å². The SMILES string of the molecule is CC(C)CN(C(=O)c1cc(N)ncc1Br)C(C)C. The fourth-order valence-corrected chi connectivity index (χ4v) is 2.08. The molecule has 0 fully saturated rings. The standard InChI is InChI=1S/C13H20BrN3O/c1-8(2)7-17(9(3)4)13(18)10-5-12(15)16-6-11(10)14/h5-6,8-9H,7H2,1-4H3,(H2,15,16). The van der Waals surface area contributed by atoms with Crippen molar-refractivity contribution < 1.29 is 4.79 Å². The summed E-state index contributed by atoms with van der Waals surface area (Å²) in [5.41, 5.74) is 6.21.